The minimum atomic E-state index is -0.0779. The first-order chi connectivity index (χ1) is 11.2. The summed E-state index contributed by atoms with van der Waals surface area (Å²) in [6.07, 6.45) is 1.83. The van der Waals surface area contributed by atoms with Crippen LogP contribution in [0.3, 0.4) is 0 Å². The number of amides is 1. The van der Waals surface area contributed by atoms with Crippen LogP contribution in [0.1, 0.15) is 28.9 Å². The Balaban J connectivity index is 2.10. The van der Waals surface area contributed by atoms with Crippen molar-refractivity contribution >= 4 is 17.7 Å². The van der Waals surface area contributed by atoms with Crippen LogP contribution in [0.5, 0.6) is 5.75 Å². The molecule has 2 aromatic rings. The Morgan fingerprint density at radius 1 is 1.26 bits per heavy atom. The zero-order chi connectivity index (χ0) is 16.7. The Hall–Kier alpha value is -2.20. The Kier molecular flexibility index (Phi) is 6.29. The molecule has 1 amide bonds. The molecule has 1 N–H and O–H groups in total. The molecule has 4 heteroatoms. The molecule has 1 atom stereocenters. The van der Waals surface area contributed by atoms with Crippen LogP contribution in [0, 0.1) is 0 Å². The third-order valence-corrected chi connectivity index (χ3v) is 4.52. The number of hydrogen-bond donors (Lipinski definition) is 1. The van der Waals surface area contributed by atoms with E-state index >= 15 is 0 Å². The third-order valence-electron chi connectivity index (χ3n) is 3.45. The number of methoxy groups -OCH3 is 1. The van der Waals surface area contributed by atoms with Crippen LogP contribution in [-0.4, -0.2) is 18.8 Å². The van der Waals surface area contributed by atoms with Crippen LogP contribution >= 0.6 is 11.8 Å². The van der Waals surface area contributed by atoms with E-state index in [1.165, 1.54) is 0 Å². The summed E-state index contributed by atoms with van der Waals surface area (Å²) in [4.78, 5) is 13.5. The van der Waals surface area contributed by atoms with Crippen molar-refractivity contribution in [2.24, 2.45) is 0 Å². The van der Waals surface area contributed by atoms with E-state index in [1.807, 2.05) is 61.5 Å². The average molecular weight is 327 g/mol. The van der Waals surface area contributed by atoms with Gasteiger partial charge in [-0.25, -0.2) is 0 Å². The molecule has 120 valence electrons. The van der Waals surface area contributed by atoms with Crippen molar-refractivity contribution in [3.05, 3.63) is 72.3 Å². The van der Waals surface area contributed by atoms with Crippen LogP contribution in [0.25, 0.3) is 0 Å². The van der Waals surface area contributed by atoms with Gasteiger partial charge in [0.25, 0.3) is 5.91 Å². The lowest BCUT2D eigenvalue weighted by Gasteiger charge is -2.16. The number of nitrogens with one attached hydrogen (secondary N) is 1. The molecule has 0 saturated heterocycles. The molecule has 2 aromatic carbocycles. The molecule has 0 saturated carbocycles. The predicted octanol–water partition coefficient (Wildman–Crippen LogP) is 4.46. The number of ether oxygens (including phenoxy) is 1. The van der Waals surface area contributed by atoms with Crippen molar-refractivity contribution in [3.8, 4) is 5.75 Å². The summed E-state index contributed by atoms with van der Waals surface area (Å²) >= 11 is 1.61. The first-order valence-corrected chi connectivity index (χ1v) is 8.41. The van der Waals surface area contributed by atoms with Crippen molar-refractivity contribution < 1.29 is 9.53 Å². The lowest BCUT2D eigenvalue weighted by atomic mass is 10.1. The highest BCUT2D eigenvalue weighted by Gasteiger charge is 2.14. The first kappa shape index (κ1) is 17.2. The molecule has 0 unspecified atom stereocenters. The zero-order valence-electron chi connectivity index (χ0n) is 13.4. The molecular formula is C19H21NO2S. The van der Waals surface area contributed by atoms with Gasteiger partial charge in [-0.2, -0.15) is 0 Å². The van der Waals surface area contributed by atoms with Gasteiger partial charge < -0.3 is 10.1 Å². The molecule has 0 bridgehead atoms. The summed E-state index contributed by atoms with van der Waals surface area (Å²) in [5.74, 6) is 1.51. The quantitative estimate of drug-likeness (QED) is 0.602. The molecular weight excluding hydrogens is 306 g/mol. The molecule has 0 spiro atoms. The number of carbonyl (C=O) groups excluding carboxylic acids is 1. The van der Waals surface area contributed by atoms with E-state index in [0.29, 0.717) is 5.56 Å². The summed E-state index contributed by atoms with van der Waals surface area (Å²) in [6.45, 7) is 5.69. The molecule has 0 aromatic heterocycles. The van der Waals surface area contributed by atoms with Crippen molar-refractivity contribution in [1.29, 1.82) is 0 Å². The molecule has 0 radical (unpaired) electrons. The van der Waals surface area contributed by atoms with Gasteiger partial charge in [-0.3, -0.25) is 4.79 Å². The smallest absolute Gasteiger partial charge is 0.252 e. The number of thioether (sulfide) groups is 1. The standard InChI is InChI=1S/C19H21NO2S/c1-4-13-23-18-8-6-5-7-17(18)19(21)20-14(2)15-9-11-16(22-3)12-10-15/h4-12,14H,1,13H2,2-3H3,(H,20,21)/t14-/m0/s1. The first-order valence-electron chi connectivity index (χ1n) is 7.43. The largest absolute Gasteiger partial charge is 0.497 e. The maximum Gasteiger partial charge on any atom is 0.252 e. The second-order valence-corrected chi connectivity index (χ2v) is 6.13. The van der Waals surface area contributed by atoms with Crippen molar-refractivity contribution in [3.63, 3.8) is 0 Å². The van der Waals surface area contributed by atoms with E-state index in [0.717, 1.165) is 22.0 Å². The topological polar surface area (TPSA) is 38.3 Å². The maximum atomic E-state index is 12.6. The number of hydrogen-bond acceptors (Lipinski definition) is 3. The fourth-order valence-corrected chi connectivity index (χ4v) is 2.97. The third kappa shape index (κ3) is 4.63. The summed E-state index contributed by atoms with van der Waals surface area (Å²) in [6, 6.07) is 15.3. The van der Waals surface area contributed by atoms with E-state index in [-0.39, 0.29) is 11.9 Å². The normalized spacial score (nSPS) is 11.6. The molecule has 0 aliphatic rings. The van der Waals surface area contributed by atoms with E-state index in [1.54, 1.807) is 18.9 Å². The van der Waals surface area contributed by atoms with Crippen LogP contribution in [0.15, 0.2) is 66.1 Å². The summed E-state index contributed by atoms with van der Waals surface area (Å²) < 4.78 is 5.15. The van der Waals surface area contributed by atoms with Crippen molar-refractivity contribution in [2.45, 2.75) is 17.9 Å². The van der Waals surface area contributed by atoms with Gasteiger partial charge in [0, 0.05) is 10.6 Å². The fourth-order valence-electron chi connectivity index (χ4n) is 2.18. The fraction of sp³-hybridized carbons (Fsp3) is 0.211. The predicted molar refractivity (Wildman–Crippen MR) is 96.2 cm³/mol. The average Bonchev–Trinajstić information content (AvgIpc) is 2.60. The van der Waals surface area contributed by atoms with E-state index < -0.39 is 0 Å². The molecule has 3 nitrogen and oxygen atoms in total. The van der Waals surface area contributed by atoms with Gasteiger partial charge in [0.1, 0.15) is 5.75 Å². The number of benzene rings is 2. The second-order valence-electron chi connectivity index (χ2n) is 5.06. The molecule has 0 fully saturated rings. The molecule has 0 heterocycles. The lowest BCUT2D eigenvalue weighted by molar-refractivity contribution is 0.0937. The summed E-state index contributed by atoms with van der Waals surface area (Å²) in [5.41, 5.74) is 1.73. The second kappa shape index (κ2) is 8.44. The van der Waals surface area contributed by atoms with E-state index in [4.69, 9.17) is 4.74 Å². The summed E-state index contributed by atoms with van der Waals surface area (Å²) in [7, 11) is 1.64. The Bertz CT molecular complexity index is 667. The van der Waals surface area contributed by atoms with Gasteiger partial charge >= 0.3 is 0 Å². The maximum absolute atomic E-state index is 12.6. The van der Waals surface area contributed by atoms with Gasteiger partial charge in [0.05, 0.1) is 18.7 Å². The lowest BCUT2D eigenvalue weighted by Crippen LogP contribution is -2.27. The van der Waals surface area contributed by atoms with Crippen LogP contribution in [-0.2, 0) is 0 Å². The molecule has 0 aliphatic heterocycles. The molecule has 2 rings (SSSR count). The minimum Gasteiger partial charge on any atom is -0.497 e. The van der Waals surface area contributed by atoms with Gasteiger partial charge in [-0.15, -0.1) is 18.3 Å². The Morgan fingerprint density at radius 3 is 2.61 bits per heavy atom. The van der Waals surface area contributed by atoms with E-state index in [9.17, 15) is 4.79 Å². The molecule has 0 aliphatic carbocycles. The van der Waals surface area contributed by atoms with Crippen LogP contribution < -0.4 is 10.1 Å². The van der Waals surface area contributed by atoms with Gasteiger partial charge in [0.2, 0.25) is 0 Å². The highest BCUT2D eigenvalue weighted by atomic mass is 32.2. The van der Waals surface area contributed by atoms with Gasteiger partial charge in [-0.1, -0.05) is 30.3 Å². The van der Waals surface area contributed by atoms with Gasteiger partial charge in [0.15, 0.2) is 0 Å². The van der Waals surface area contributed by atoms with Crippen molar-refractivity contribution in [1.82, 2.24) is 5.32 Å². The van der Waals surface area contributed by atoms with Crippen LogP contribution in [0.2, 0.25) is 0 Å². The monoisotopic (exact) mass is 327 g/mol. The van der Waals surface area contributed by atoms with Gasteiger partial charge in [-0.05, 0) is 36.8 Å². The van der Waals surface area contributed by atoms with Crippen molar-refractivity contribution in [2.75, 3.05) is 12.9 Å². The highest BCUT2D eigenvalue weighted by Crippen LogP contribution is 2.24. The SMILES string of the molecule is C=CCSc1ccccc1C(=O)N[C@@H](C)c1ccc(OC)cc1. The minimum absolute atomic E-state index is 0.0690. The molecule has 23 heavy (non-hydrogen) atoms. The Labute approximate surface area is 141 Å². The van der Waals surface area contributed by atoms with E-state index in [2.05, 4.69) is 11.9 Å². The van der Waals surface area contributed by atoms with Crippen LogP contribution in [0.4, 0.5) is 0 Å². The summed E-state index contributed by atoms with van der Waals surface area (Å²) in [5, 5.41) is 3.05. The highest BCUT2D eigenvalue weighted by molar-refractivity contribution is 7.99. The Morgan fingerprint density at radius 2 is 1.96 bits per heavy atom. The number of carbonyl (C=O) groups is 1. The zero-order valence-corrected chi connectivity index (χ0v) is 14.2. The number of rotatable bonds is 7.